The number of carbonyl (C=O) groups is 1. The Morgan fingerprint density at radius 2 is 1.83 bits per heavy atom. The maximum atomic E-state index is 13.6. The number of nitrogens with zero attached hydrogens (tertiary/aromatic N) is 6. The van der Waals surface area contributed by atoms with Crippen LogP contribution in [-0.4, -0.2) is 49.8 Å². The maximum absolute atomic E-state index is 13.6. The summed E-state index contributed by atoms with van der Waals surface area (Å²) in [6.45, 7) is 5.34. The number of amides is 1. The highest BCUT2D eigenvalue weighted by molar-refractivity contribution is 7.97. The van der Waals surface area contributed by atoms with Crippen LogP contribution in [0.3, 0.4) is 0 Å². The second-order valence-electron chi connectivity index (χ2n) is 10.1. The van der Waals surface area contributed by atoms with E-state index in [-0.39, 0.29) is 34.3 Å². The number of hydrogen-bond donors (Lipinski definition) is 2. The van der Waals surface area contributed by atoms with Crippen LogP contribution in [0.25, 0.3) is 10.9 Å². The van der Waals surface area contributed by atoms with Crippen molar-refractivity contribution in [2.24, 2.45) is 7.05 Å². The van der Waals surface area contributed by atoms with Crippen LogP contribution in [0.5, 0.6) is 0 Å². The van der Waals surface area contributed by atoms with Gasteiger partial charge in [0, 0.05) is 50.3 Å². The Hall–Kier alpha value is -3.41. The van der Waals surface area contributed by atoms with Gasteiger partial charge in [-0.15, -0.1) is 0 Å². The summed E-state index contributed by atoms with van der Waals surface area (Å²) in [6.07, 6.45) is 6.68. The zero-order valence-corrected chi connectivity index (χ0v) is 25.4. The predicted molar refractivity (Wildman–Crippen MR) is 165 cm³/mol. The Kier molecular flexibility index (Phi) is 8.67. The van der Waals surface area contributed by atoms with Crippen molar-refractivity contribution in [3.8, 4) is 0 Å². The Balaban J connectivity index is 1.48. The van der Waals surface area contributed by atoms with Crippen molar-refractivity contribution in [1.29, 1.82) is 0 Å². The first-order chi connectivity index (χ1) is 19.7. The van der Waals surface area contributed by atoms with Gasteiger partial charge < -0.3 is 10.2 Å². The largest absolute Gasteiger partial charge is 0.377 e. The van der Waals surface area contributed by atoms with E-state index in [1.54, 1.807) is 42.4 Å². The van der Waals surface area contributed by atoms with Crippen molar-refractivity contribution < 1.29 is 4.79 Å². The number of rotatable bonds is 7. The molecule has 0 aliphatic carbocycles. The van der Waals surface area contributed by atoms with Crippen LogP contribution in [0.1, 0.15) is 59.2 Å². The molecular weight excluding hydrogens is 583 g/mol. The number of fused-ring (bicyclic) bond motifs is 1. The number of hydrogen-bond acceptors (Lipinski definition) is 9. The quantitative estimate of drug-likeness (QED) is 0.212. The molecular formula is C28H30Cl2N8O2S. The highest BCUT2D eigenvalue weighted by Crippen LogP contribution is 2.31. The zero-order valence-electron chi connectivity index (χ0n) is 23.1. The number of piperidine rings is 1. The minimum atomic E-state index is -0.356. The molecule has 214 valence electrons. The molecule has 1 aliphatic heterocycles. The van der Waals surface area contributed by atoms with Crippen LogP contribution in [0.15, 0.2) is 41.5 Å². The lowest BCUT2D eigenvalue weighted by Crippen LogP contribution is -2.38. The number of aromatic nitrogens is 5. The van der Waals surface area contributed by atoms with Crippen molar-refractivity contribution in [1.82, 2.24) is 29.2 Å². The van der Waals surface area contributed by atoms with E-state index >= 15 is 0 Å². The Labute approximate surface area is 252 Å². The van der Waals surface area contributed by atoms with E-state index in [1.165, 1.54) is 11.9 Å². The van der Waals surface area contributed by atoms with Gasteiger partial charge in [-0.2, -0.15) is 0 Å². The van der Waals surface area contributed by atoms with Crippen molar-refractivity contribution in [2.75, 3.05) is 29.6 Å². The van der Waals surface area contributed by atoms with E-state index in [0.29, 0.717) is 40.7 Å². The van der Waals surface area contributed by atoms with E-state index in [4.69, 9.17) is 28.2 Å². The first-order valence-corrected chi connectivity index (χ1v) is 15.1. The third kappa shape index (κ3) is 6.12. The molecule has 1 fully saturated rings. The highest BCUT2D eigenvalue weighted by Gasteiger charge is 2.26. The van der Waals surface area contributed by atoms with Crippen LogP contribution in [0, 0.1) is 6.92 Å². The van der Waals surface area contributed by atoms with E-state index in [0.717, 1.165) is 29.8 Å². The molecule has 1 saturated heterocycles. The van der Waals surface area contributed by atoms with Gasteiger partial charge in [0.15, 0.2) is 5.69 Å². The fraction of sp³-hybridized carbons (Fsp3) is 0.357. The molecule has 0 spiro atoms. The summed E-state index contributed by atoms with van der Waals surface area (Å²) in [5, 5.41) is 4.67. The van der Waals surface area contributed by atoms with E-state index in [1.807, 2.05) is 26.0 Å². The van der Waals surface area contributed by atoms with E-state index in [9.17, 15) is 9.59 Å². The maximum Gasteiger partial charge on any atom is 0.281 e. The molecule has 4 aromatic rings. The van der Waals surface area contributed by atoms with Gasteiger partial charge in [0.25, 0.3) is 11.5 Å². The predicted octanol–water partition coefficient (Wildman–Crippen LogP) is 5.30. The van der Waals surface area contributed by atoms with Crippen LogP contribution in [0.4, 0.5) is 11.6 Å². The average Bonchev–Trinajstić information content (AvgIpc) is 2.96. The molecule has 0 radical (unpaired) electrons. The van der Waals surface area contributed by atoms with E-state index in [2.05, 4.69) is 29.9 Å². The number of carbonyl (C=O) groups excluding carboxylic acids is 1. The number of anilines is 2. The molecule has 2 N–H and O–H groups in total. The molecule has 1 aliphatic rings. The van der Waals surface area contributed by atoms with Gasteiger partial charge in [-0.25, -0.2) is 19.9 Å². The van der Waals surface area contributed by atoms with E-state index < -0.39 is 0 Å². The molecule has 0 bridgehead atoms. The lowest BCUT2D eigenvalue weighted by atomic mass is 9.96. The van der Waals surface area contributed by atoms with Gasteiger partial charge in [-0.3, -0.25) is 18.9 Å². The Bertz CT molecular complexity index is 1660. The summed E-state index contributed by atoms with van der Waals surface area (Å²) in [6, 6.07) is 6.94. The van der Waals surface area contributed by atoms with Crippen LogP contribution < -0.4 is 20.5 Å². The SMILES string of the molecule is CSNC(=O)c1nc(Cl)ccc1NC(C)c1cc(C)cc2c(=O)n(C)c(N3CCC(c4ncc(Cl)cn4)CC3)nc12. The van der Waals surface area contributed by atoms with Crippen molar-refractivity contribution in [2.45, 2.75) is 38.6 Å². The van der Waals surface area contributed by atoms with Gasteiger partial charge in [0.1, 0.15) is 11.0 Å². The molecule has 3 aromatic heterocycles. The molecule has 10 nitrogen and oxygen atoms in total. The molecule has 4 heterocycles. The number of halogens is 2. The van der Waals surface area contributed by atoms with Gasteiger partial charge in [-0.05, 0) is 50.5 Å². The van der Waals surface area contributed by atoms with Gasteiger partial charge in [0.2, 0.25) is 5.95 Å². The first kappa shape index (κ1) is 29.1. The molecule has 5 rings (SSSR count). The summed E-state index contributed by atoms with van der Waals surface area (Å²) < 4.78 is 4.32. The van der Waals surface area contributed by atoms with Crippen LogP contribution in [0.2, 0.25) is 10.2 Å². The van der Waals surface area contributed by atoms with Crippen LogP contribution >= 0.6 is 35.1 Å². The smallest absolute Gasteiger partial charge is 0.281 e. The fourth-order valence-corrected chi connectivity index (χ4v) is 5.73. The first-order valence-electron chi connectivity index (χ1n) is 13.2. The summed E-state index contributed by atoms with van der Waals surface area (Å²) in [7, 11) is 1.76. The van der Waals surface area contributed by atoms with Gasteiger partial charge >= 0.3 is 0 Å². The lowest BCUT2D eigenvalue weighted by molar-refractivity contribution is 0.0980. The molecule has 13 heteroatoms. The number of benzene rings is 1. The third-order valence-electron chi connectivity index (χ3n) is 7.22. The molecule has 41 heavy (non-hydrogen) atoms. The second-order valence-corrected chi connectivity index (χ2v) is 11.5. The number of aryl methyl sites for hydroxylation is 1. The number of nitrogens with one attached hydrogen (secondary N) is 2. The van der Waals surface area contributed by atoms with Crippen molar-refractivity contribution in [3.63, 3.8) is 0 Å². The monoisotopic (exact) mass is 612 g/mol. The topological polar surface area (TPSA) is 118 Å². The molecule has 1 atom stereocenters. The zero-order chi connectivity index (χ0) is 29.3. The summed E-state index contributed by atoms with van der Waals surface area (Å²) in [4.78, 5) is 46.5. The summed E-state index contributed by atoms with van der Waals surface area (Å²) >= 11 is 13.2. The van der Waals surface area contributed by atoms with Crippen molar-refractivity contribution in [3.05, 3.63) is 79.8 Å². The Morgan fingerprint density at radius 3 is 2.51 bits per heavy atom. The van der Waals surface area contributed by atoms with Crippen molar-refractivity contribution >= 4 is 63.6 Å². The minimum Gasteiger partial charge on any atom is -0.377 e. The highest BCUT2D eigenvalue weighted by atomic mass is 35.5. The average molecular weight is 614 g/mol. The Morgan fingerprint density at radius 1 is 1.12 bits per heavy atom. The summed E-state index contributed by atoms with van der Waals surface area (Å²) in [5.41, 5.74) is 3.00. The van der Waals surface area contributed by atoms with Gasteiger partial charge in [0.05, 0.1) is 27.7 Å². The molecule has 1 amide bonds. The third-order valence-corrected chi connectivity index (χ3v) is 8.02. The molecule has 1 unspecified atom stereocenters. The molecule has 0 saturated carbocycles. The number of pyridine rings is 1. The normalized spacial score (nSPS) is 14.7. The molecule has 1 aromatic carbocycles. The van der Waals surface area contributed by atoms with Crippen LogP contribution in [-0.2, 0) is 7.05 Å². The fourth-order valence-electron chi connectivity index (χ4n) is 5.20. The second kappa shape index (κ2) is 12.2. The summed E-state index contributed by atoms with van der Waals surface area (Å²) in [5.74, 6) is 1.26. The standard InChI is InChI=1S/C28H30Cl2N8O2S/c1-15-11-19(16(2)33-21-5-6-22(30)34-24(21)26(39)36-41-4)23-20(12-15)27(40)37(3)28(35-23)38-9-7-17(8-10-38)25-31-13-18(29)14-32-25/h5-6,11-14,16-17,33H,7-10H2,1-4H3,(H,36,39). The minimum absolute atomic E-state index is 0.112. The lowest BCUT2D eigenvalue weighted by Gasteiger charge is -2.33. The van der Waals surface area contributed by atoms with Gasteiger partial charge in [-0.1, -0.05) is 41.2 Å².